The predicted octanol–water partition coefficient (Wildman–Crippen LogP) is 1.60. The molecule has 0 aliphatic carbocycles. The van der Waals surface area contributed by atoms with Crippen molar-refractivity contribution in [1.29, 1.82) is 0 Å². The van der Waals surface area contributed by atoms with E-state index in [-0.39, 0.29) is 67.8 Å². The van der Waals surface area contributed by atoms with Crippen molar-refractivity contribution in [2.75, 3.05) is 125 Å². The van der Waals surface area contributed by atoms with Gasteiger partial charge < -0.3 is 65.3 Å². The number of carbonyl (C=O) groups excluding carboxylic acids is 6. The first kappa shape index (κ1) is 57.7. The van der Waals surface area contributed by atoms with Gasteiger partial charge in [-0.05, 0) is 38.5 Å². The molecule has 0 saturated heterocycles. The highest BCUT2D eigenvalue weighted by molar-refractivity contribution is 5.80. The Labute approximate surface area is 364 Å². The molecule has 2 atom stereocenters. The minimum absolute atomic E-state index is 0. The standard InChI is InChI=1S/C42H79N5O14.H2/c1-35(41(43)52)9-3-5-16-45-39(50)14-20-55-24-28-59-32-31-58-27-23-54-19-8-12-37(48)11-7-13-38(49)47-18-22-57-26-30-61-34-33-60-29-25-56-21-15-40(51)46-17-6-4-10-36(2)42(44)53;/h35-36H,3-34H2,1-2H3,(H2,43,52)(H2,44,53)(H,45,50)(H,46,51)(H,47,49);1H/t35-,36-;/m0./s1. The van der Waals surface area contributed by atoms with Gasteiger partial charge in [0, 0.05) is 71.6 Å². The van der Waals surface area contributed by atoms with Crippen molar-refractivity contribution in [3.8, 4) is 0 Å². The molecule has 0 aliphatic rings. The summed E-state index contributed by atoms with van der Waals surface area (Å²) in [5.74, 6) is -1.04. The summed E-state index contributed by atoms with van der Waals surface area (Å²) in [5.41, 5.74) is 10.5. The molecule has 0 aromatic heterocycles. The summed E-state index contributed by atoms with van der Waals surface area (Å²) >= 11 is 0. The molecule has 0 unspecified atom stereocenters. The number of ether oxygens (including phenoxy) is 8. The van der Waals surface area contributed by atoms with Crippen LogP contribution in [0.1, 0.15) is 98.7 Å². The molecule has 0 aromatic rings. The van der Waals surface area contributed by atoms with E-state index in [0.29, 0.717) is 151 Å². The molecule has 0 saturated carbocycles. The van der Waals surface area contributed by atoms with E-state index in [1.165, 1.54) is 0 Å². The Morgan fingerprint density at radius 1 is 0.377 bits per heavy atom. The maximum atomic E-state index is 12.1. The largest absolute Gasteiger partial charge is 0.379 e. The average Bonchev–Trinajstić information content (AvgIpc) is 3.23. The van der Waals surface area contributed by atoms with E-state index in [1.54, 1.807) is 13.8 Å². The number of rotatable bonds is 47. The lowest BCUT2D eigenvalue weighted by atomic mass is 10.0. The monoisotopic (exact) mass is 880 g/mol. The lowest BCUT2D eigenvalue weighted by Gasteiger charge is -2.09. The van der Waals surface area contributed by atoms with Crippen LogP contribution >= 0.6 is 0 Å². The van der Waals surface area contributed by atoms with Crippen LogP contribution in [0.25, 0.3) is 0 Å². The lowest BCUT2D eigenvalue weighted by molar-refractivity contribution is -0.123. The van der Waals surface area contributed by atoms with Crippen molar-refractivity contribution >= 4 is 35.3 Å². The van der Waals surface area contributed by atoms with Crippen molar-refractivity contribution in [3.63, 3.8) is 0 Å². The number of nitrogens with two attached hydrogens (primary N) is 2. The third kappa shape index (κ3) is 43.2. The zero-order valence-electron chi connectivity index (χ0n) is 37.2. The van der Waals surface area contributed by atoms with Crippen molar-refractivity contribution in [2.45, 2.75) is 97.3 Å². The summed E-state index contributed by atoms with van der Waals surface area (Å²) in [6, 6.07) is 0. The highest BCUT2D eigenvalue weighted by Gasteiger charge is 2.10. The van der Waals surface area contributed by atoms with E-state index in [1.807, 2.05) is 0 Å². The van der Waals surface area contributed by atoms with Crippen LogP contribution in [0.4, 0.5) is 0 Å². The van der Waals surface area contributed by atoms with E-state index < -0.39 is 0 Å². The summed E-state index contributed by atoms with van der Waals surface area (Å²) in [4.78, 5) is 69.8. The summed E-state index contributed by atoms with van der Waals surface area (Å²) < 4.78 is 43.6. The SMILES string of the molecule is C[C@@H](CCCCNC(=O)CCOCCOCCOCCOCCCC(=O)CCCC(=O)NCCOCCOCCOCCOCCC(=O)NCCCC[C@H](C)C(N)=O)C(N)=O.[HH]. The normalized spacial score (nSPS) is 12.2. The van der Waals surface area contributed by atoms with Gasteiger partial charge in [-0.25, -0.2) is 0 Å². The second-order valence-corrected chi connectivity index (χ2v) is 14.5. The molecule has 61 heavy (non-hydrogen) atoms. The molecule has 0 bridgehead atoms. The quantitative estimate of drug-likeness (QED) is 0.0544. The molecule has 7 N–H and O–H groups in total. The lowest BCUT2D eigenvalue weighted by Crippen LogP contribution is -2.27. The zero-order valence-corrected chi connectivity index (χ0v) is 37.2. The van der Waals surface area contributed by atoms with E-state index in [2.05, 4.69) is 16.0 Å². The van der Waals surface area contributed by atoms with Gasteiger partial charge in [0.15, 0.2) is 0 Å². The Morgan fingerprint density at radius 2 is 0.705 bits per heavy atom. The van der Waals surface area contributed by atoms with Crippen LogP contribution in [0.15, 0.2) is 0 Å². The maximum Gasteiger partial charge on any atom is 0.222 e. The molecule has 0 heterocycles. The first-order valence-corrected chi connectivity index (χ1v) is 22.0. The van der Waals surface area contributed by atoms with Crippen LogP contribution < -0.4 is 27.4 Å². The Kier molecular flexibility index (Phi) is 41.0. The molecule has 0 radical (unpaired) electrons. The molecule has 0 aliphatic heterocycles. The van der Waals surface area contributed by atoms with E-state index in [0.717, 1.165) is 38.5 Å². The molecular weight excluding hydrogens is 798 g/mol. The third-order valence-electron chi connectivity index (χ3n) is 9.09. The van der Waals surface area contributed by atoms with Gasteiger partial charge in [-0.2, -0.15) is 0 Å². The van der Waals surface area contributed by atoms with Gasteiger partial charge in [0.1, 0.15) is 5.78 Å². The number of unbranched alkanes of at least 4 members (excludes halogenated alkanes) is 2. The second kappa shape index (κ2) is 43.4. The first-order valence-electron chi connectivity index (χ1n) is 22.0. The maximum absolute atomic E-state index is 12.1. The van der Waals surface area contributed by atoms with E-state index in [9.17, 15) is 28.8 Å². The third-order valence-corrected chi connectivity index (χ3v) is 9.09. The van der Waals surface area contributed by atoms with Crippen LogP contribution in [-0.2, 0) is 66.7 Å². The zero-order chi connectivity index (χ0) is 45.0. The fraction of sp³-hybridized carbons (Fsp3) is 0.857. The molecule has 0 spiro atoms. The van der Waals surface area contributed by atoms with Crippen LogP contribution in [-0.4, -0.2) is 161 Å². The number of hydrogen-bond acceptors (Lipinski definition) is 14. The van der Waals surface area contributed by atoms with Crippen molar-refractivity contribution in [3.05, 3.63) is 0 Å². The number of nitrogens with one attached hydrogen (secondary N) is 3. The van der Waals surface area contributed by atoms with Gasteiger partial charge in [0.2, 0.25) is 29.5 Å². The van der Waals surface area contributed by atoms with Gasteiger partial charge in [0.25, 0.3) is 0 Å². The summed E-state index contributed by atoms with van der Waals surface area (Å²) in [7, 11) is 0. The predicted molar refractivity (Wildman–Crippen MR) is 229 cm³/mol. The smallest absolute Gasteiger partial charge is 0.222 e. The Balaban J connectivity index is 0. The Hall–Kier alpha value is -3.30. The number of carbonyl (C=O) groups is 6. The van der Waals surface area contributed by atoms with Gasteiger partial charge in [-0.1, -0.05) is 26.7 Å². The van der Waals surface area contributed by atoms with Crippen molar-refractivity contribution in [1.82, 2.24) is 16.0 Å². The number of primary amides is 2. The highest BCUT2D eigenvalue weighted by atomic mass is 16.6. The molecule has 19 heteroatoms. The molecular formula is C42H81N5O14. The fourth-order valence-electron chi connectivity index (χ4n) is 5.21. The van der Waals surface area contributed by atoms with Crippen molar-refractivity contribution < 1.29 is 68.1 Å². The summed E-state index contributed by atoms with van der Waals surface area (Å²) in [6.45, 7) is 11.4. The van der Waals surface area contributed by atoms with Gasteiger partial charge in [-0.3, -0.25) is 28.8 Å². The number of Topliss-reactive ketones (excluding diaryl/α,β-unsaturated/α-hetero) is 1. The fourth-order valence-corrected chi connectivity index (χ4v) is 5.21. The van der Waals surface area contributed by atoms with Crippen LogP contribution in [0, 0.1) is 11.8 Å². The van der Waals surface area contributed by atoms with Crippen LogP contribution in [0.2, 0.25) is 0 Å². The minimum Gasteiger partial charge on any atom is -0.379 e. The molecule has 0 aromatic carbocycles. The highest BCUT2D eigenvalue weighted by Crippen LogP contribution is 2.07. The average molecular weight is 880 g/mol. The molecule has 0 rings (SSSR count). The Morgan fingerprint density at radius 3 is 1.11 bits per heavy atom. The number of hydrogen-bond donors (Lipinski definition) is 5. The first-order chi connectivity index (χ1) is 29.5. The molecule has 19 nitrogen and oxygen atoms in total. The minimum atomic E-state index is -0.298. The molecule has 5 amide bonds. The van der Waals surface area contributed by atoms with E-state index >= 15 is 0 Å². The number of ketones is 1. The van der Waals surface area contributed by atoms with Crippen LogP contribution in [0.3, 0.4) is 0 Å². The van der Waals surface area contributed by atoms with Crippen molar-refractivity contribution in [2.24, 2.45) is 23.3 Å². The second-order valence-electron chi connectivity index (χ2n) is 14.5. The summed E-state index contributed by atoms with van der Waals surface area (Å²) in [6.07, 6.45) is 7.42. The van der Waals surface area contributed by atoms with Gasteiger partial charge >= 0.3 is 0 Å². The van der Waals surface area contributed by atoms with E-state index in [4.69, 9.17) is 49.4 Å². The Bertz CT molecular complexity index is 1060. The molecule has 0 fully saturated rings. The van der Waals surface area contributed by atoms with Gasteiger partial charge in [0.05, 0.1) is 99.1 Å². The molecule has 358 valence electrons. The topological polar surface area (TPSA) is 264 Å². The number of amides is 5. The van der Waals surface area contributed by atoms with Gasteiger partial charge in [-0.15, -0.1) is 0 Å². The summed E-state index contributed by atoms with van der Waals surface area (Å²) in [5, 5.41) is 8.45. The van der Waals surface area contributed by atoms with Crippen LogP contribution in [0.5, 0.6) is 0 Å².